The van der Waals surface area contributed by atoms with E-state index in [1.807, 2.05) is 48.5 Å². The highest BCUT2D eigenvalue weighted by atomic mass is 16.5. The van der Waals surface area contributed by atoms with E-state index in [1.54, 1.807) is 7.11 Å². The van der Waals surface area contributed by atoms with Gasteiger partial charge in [0.2, 0.25) is 0 Å². The van der Waals surface area contributed by atoms with E-state index in [9.17, 15) is 9.59 Å². The van der Waals surface area contributed by atoms with Crippen LogP contribution in [-0.2, 0) is 9.59 Å². The molecule has 0 atom stereocenters. The molecule has 3 aliphatic rings. The van der Waals surface area contributed by atoms with Gasteiger partial charge in [-0.3, -0.25) is 9.59 Å². The number of hydrogen-bond donors (Lipinski definition) is 0. The predicted octanol–water partition coefficient (Wildman–Crippen LogP) is 3.68. The summed E-state index contributed by atoms with van der Waals surface area (Å²) in [7, 11) is 1.61. The molecule has 2 aromatic rings. The summed E-state index contributed by atoms with van der Waals surface area (Å²) in [5, 5.41) is 0. The molecule has 3 aliphatic heterocycles. The largest absolute Gasteiger partial charge is 0.497 e. The Bertz CT molecular complexity index is 1010. The highest BCUT2D eigenvalue weighted by Crippen LogP contribution is 2.37. The van der Waals surface area contributed by atoms with E-state index < -0.39 is 0 Å². The minimum absolute atomic E-state index is 0.230. The number of carbonyl (C=O) groups excluding carboxylic acids is 2. The molecule has 2 amide bonds. The molecular formula is C25H27N3O3. The lowest BCUT2D eigenvalue weighted by molar-refractivity contribution is -0.120. The summed E-state index contributed by atoms with van der Waals surface area (Å²) in [5.74, 6) is 0.232. The molecule has 0 unspecified atom stereocenters. The smallest absolute Gasteiger partial charge is 0.282 e. The van der Waals surface area contributed by atoms with Gasteiger partial charge in [0.1, 0.15) is 11.4 Å². The number of benzene rings is 2. The van der Waals surface area contributed by atoms with Crippen molar-refractivity contribution in [1.82, 2.24) is 4.90 Å². The van der Waals surface area contributed by atoms with Gasteiger partial charge in [-0.1, -0.05) is 12.1 Å². The number of amides is 2. The molecule has 2 aromatic carbocycles. The molecule has 6 heteroatoms. The van der Waals surface area contributed by atoms with Gasteiger partial charge >= 0.3 is 0 Å². The third-order valence-corrected chi connectivity index (χ3v) is 6.44. The van der Waals surface area contributed by atoms with Crippen molar-refractivity contribution >= 4 is 28.8 Å². The summed E-state index contributed by atoms with van der Waals surface area (Å²) in [6.07, 6.45) is 4.48. The summed E-state index contributed by atoms with van der Waals surface area (Å²) in [4.78, 5) is 32.8. The number of likely N-dealkylation sites (tertiary alicyclic amines) is 1. The van der Waals surface area contributed by atoms with Crippen LogP contribution in [0.2, 0.25) is 0 Å². The van der Waals surface area contributed by atoms with Crippen LogP contribution < -0.4 is 14.5 Å². The maximum Gasteiger partial charge on any atom is 0.282 e. The van der Waals surface area contributed by atoms with Crippen LogP contribution in [0.5, 0.6) is 5.75 Å². The molecule has 0 bridgehead atoms. The van der Waals surface area contributed by atoms with Gasteiger partial charge in [-0.05, 0) is 67.6 Å². The first kappa shape index (κ1) is 19.7. The Morgan fingerprint density at radius 1 is 0.677 bits per heavy atom. The van der Waals surface area contributed by atoms with Crippen molar-refractivity contribution in [2.75, 3.05) is 43.1 Å². The SMILES string of the molecule is COc1ccc(C2=C(N3CCCC3)C(=O)N(c3ccc(N4CCCC4)cc3)C2=O)cc1. The molecule has 2 saturated heterocycles. The van der Waals surface area contributed by atoms with Gasteiger partial charge in [-0.15, -0.1) is 0 Å². The zero-order valence-corrected chi connectivity index (χ0v) is 17.8. The van der Waals surface area contributed by atoms with E-state index in [0.717, 1.165) is 56.0 Å². The third-order valence-electron chi connectivity index (χ3n) is 6.44. The Hall–Kier alpha value is -3.28. The van der Waals surface area contributed by atoms with Crippen LogP contribution in [0.15, 0.2) is 54.2 Å². The second kappa shape index (κ2) is 8.10. The summed E-state index contributed by atoms with van der Waals surface area (Å²) in [6, 6.07) is 15.2. The molecule has 0 radical (unpaired) electrons. The van der Waals surface area contributed by atoms with Gasteiger partial charge in [0.05, 0.1) is 18.4 Å². The topological polar surface area (TPSA) is 53.1 Å². The van der Waals surface area contributed by atoms with E-state index in [0.29, 0.717) is 17.0 Å². The highest BCUT2D eigenvalue weighted by Gasteiger charge is 2.43. The van der Waals surface area contributed by atoms with Crippen molar-refractivity contribution in [2.24, 2.45) is 0 Å². The lowest BCUT2D eigenvalue weighted by atomic mass is 10.0. The summed E-state index contributed by atoms with van der Waals surface area (Å²) >= 11 is 0. The Labute approximate surface area is 182 Å². The summed E-state index contributed by atoms with van der Waals surface area (Å²) in [5.41, 5.74) is 3.52. The van der Waals surface area contributed by atoms with Gasteiger partial charge < -0.3 is 14.5 Å². The van der Waals surface area contributed by atoms with Gasteiger partial charge in [0.25, 0.3) is 11.8 Å². The quantitative estimate of drug-likeness (QED) is 0.695. The fourth-order valence-corrected chi connectivity index (χ4v) is 4.79. The Morgan fingerprint density at radius 2 is 1.23 bits per heavy atom. The zero-order chi connectivity index (χ0) is 21.4. The van der Waals surface area contributed by atoms with Crippen molar-refractivity contribution in [3.05, 3.63) is 59.8 Å². The lowest BCUT2D eigenvalue weighted by Gasteiger charge is -2.21. The van der Waals surface area contributed by atoms with Crippen LogP contribution in [0.25, 0.3) is 5.57 Å². The second-order valence-electron chi connectivity index (χ2n) is 8.30. The molecule has 6 nitrogen and oxygen atoms in total. The van der Waals surface area contributed by atoms with Crippen LogP contribution in [0.4, 0.5) is 11.4 Å². The monoisotopic (exact) mass is 417 g/mol. The molecule has 0 spiro atoms. The molecule has 0 aromatic heterocycles. The van der Waals surface area contributed by atoms with Gasteiger partial charge in [0.15, 0.2) is 0 Å². The van der Waals surface area contributed by atoms with Crippen LogP contribution in [0.1, 0.15) is 31.2 Å². The number of imide groups is 1. The highest BCUT2D eigenvalue weighted by molar-refractivity contribution is 6.45. The second-order valence-corrected chi connectivity index (χ2v) is 8.30. The lowest BCUT2D eigenvalue weighted by Crippen LogP contribution is -2.34. The molecule has 3 heterocycles. The summed E-state index contributed by atoms with van der Waals surface area (Å²) < 4.78 is 5.26. The molecule has 5 rings (SSSR count). The summed E-state index contributed by atoms with van der Waals surface area (Å²) in [6.45, 7) is 3.72. The average molecular weight is 418 g/mol. The van der Waals surface area contributed by atoms with Crippen LogP contribution in [0.3, 0.4) is 0 Å². The van der Waals surface area contributed by atoms with Crippen molar-refractivity contribution in [3.63, 3.8) is 0 Å². The normalized spacial score (nSPS) is 19.2. The van der Waals surface area contributed by atoms with Crippen LogP contribution >= 0.6 is 0 Å². The van der Waals surface area contributed by atoms with Crippen molar-refractivity contribution < 1.29 is 14.3 Å². The fraction of sp³-hybridized carbons (Fsp3) is 0.360. The first-order chi connectivity index (χ1) is 15.2. The van der Waals surface area contributed by atoms with Crippen molar-refractivity contribution in [3.8, 4) is 5.75 Å². The molecule has 0 N–H and O–H groups in total. The van der Waals surface area contributed by atoms with Crippen molar-refractivity contribution in [1.29, 1.82) is 0 Å². The molecular weight excluding hydrogens is 390 g/mol. The zero-order valence-electron chi connectivity index (χ0n) is 17.8. The first-order valence-electron chi connectivity index (χ1n) is 11.0. The van der Waals surface area contributed by atoms with E-state index in [2.05, 4.69) is 9.80 Å². The molecule has 31 heavy (non-hydrogen) atoms. The van der Waals surface area contributed by atoms with Crippen LogP contribution in [-0.4, -0.2) is 50.0 Å². The number of rotatable bonds is 5. The van der Waals surface area contributed by atoms with Crippen molar-refractivity contribution in [2.45, 2.75) is 25.7 Å². The predicted molar refractivity (Wildman–Crippen MR) is 121 cm³/mol. The van der Waals surface area contributed by atoms with Gasteiger partial charge in [-0.25, -0.2) is 4.90 Å². The van der Waals surface area contributed by atoms with E-state index >= 15 is 0 Å². The first-order valence-corrected chi connectivity index (χ1v) is 11.0. The average Bonchev–Trinajstić information content (AvgIpc) is 3.56. The van der Waals surface area contributed by atoms with E-state index in [1.165, 1.54) is 17.7 Å². The maximum atomic E-state index is 13.6. The Balaban J connectivity index is 1.50. The number of nitrogens with zero attached hydrogens (tertiary/aromatic N) is 3. The fourth-order valence-electron chi connectivity index (χ4n) is 4.79. The van der Waals surface area contributed by atoms with Gasteiger partial charge in [0, 0.05) is 31.9 Å². The number of carbonyl (C=O) groups is 2. The maximum absolute atomic E-state index is 13.6. The minimum Gasteiger partial charge on any atom is -0.497 e. The number of anilines is 2. The van der Waals surface area contributed by atoms with Crippen LogP contribution in [0, 0.1) is 0 Å². The molecule has 0 aliphatic carbocycles. The van der Waals surface area contributed by atoms with E-state index in [4.69, 9.17) is 4.74 Å². The standard InChI is InChI=1S/C25H27N3O3/c1-31-21-12-6-18(7-13-21)22-23(27-16-4-5-17-27)25(30)28(24(22)29)20-10-8-19(9-11-20)26-14-2-3-15-26/h6-13H,2-5,14-17H2,1H3. The Kier molecular flexibility index (Phi) is 5.14. The number of ether oxygens (including phenoxy) is 1. The molecule has 0 saturated carbocycles. The number of methoxy groups -OCH3 is 1. The molecule has 160 valence electrons. The Morgan fingerprint density at radius 3 is 1.81 bits per heavy atom. The van der Waals surface area contributed by atoms with E-state index in [-0.39, 0.29) is 11.8 Å². The molecule has 2 fully saturated rings. The number of hydrogen-bond acceptors (Lipinski definition) is 5. The third kappa shape index (κ3) is 3.46. The minimum atomic E-state index is -0.258. The van der Waals surface area contributed by atoms with Gasteiger partial charge in [-0.2, -0.15) is 0 Å².